The quantitative estimate of drug-likeness (QED) is 0.771. The molecule has 1 aliphatic rings. The molecule has 0 saturated carbocycles. The number of anilines is 2. The number of nitrogens with one attached hydrogen (secondary N) is 1. The van der Waals surface area contributed by atoms with Crippen molar-refractivity contribution in [2.24, 2.45) is 0 Å². The van der Waals surface area contributed by atoms with Crippen molar-refractivity contribution in [2.75, 3.05) is 43.1 Å². The van der Waals surface area contributed by atoms with Crippen LogP contribution in [0.15, 0.2) is 42.5 Å². The Labute approximate surface area is 169 Å². The molecule has 1 saturated heterocycles. The van der Waals surface area contributed by atoms with Gasteiger partial charge in [0.15, 0.2) is 6.54 Å². The van der Waals surface area contributed by atoms with E-state index < -0.39 is 0 Å². The van der Waals surface area contributed by atoms with Gasteiger partial charge in [0.05, 0.1) is 18.2 Å². The van der Waals surface area contributed by atoms with E-state index in [2.05, 4.69) is 10.2 Å². The third-order valence-corrected chi connectivity index (χ3v) is 5.20. The fourth-order valence-corrected chi connectivity index (χ4v) is 3.65. The van der Waals surface area contributed by atoms with Gasteiger partial charge in [0.2, 0.25) is 0 Å². The van der Waals surface area contributed by atoms with Crippen LogP contribution in [0.5, 0.6) is 0 Å². The number of carbonyl (C=O) groups excluding carboxylic acids is 1. The number of ether oxygens (including phenoxy) is 1. The summed E-state index contributed by atoms with van der Waals surface area (Å²) in [6, 6.07) is 13.4. The van der Waals surface area contributed by atoms with Crippen molar-refractivity contribution in [2.45, 2.75) is 13.0 Å². The monoisotopic (exact) mass is 408 g/mol. The highest BCUT2D eigenvalue weighted by Crippen LogP contribution is 2.24. The summed E-state index contributed by atoms with van der Waals surface area (Å²) in [5.41, 5.74) is 2.90. The first-order valence-electron chi connectivity index (χ1n) is 9.04. The first-order chi connectivity index (χ1) is 13.0. The van der Waals surface area contributed by atoms with Gasteiger partial charge < -0.3 is 20.3 Å². The molecule has 1 heterocycles. The molecule has 1 fully saturated rings. The van der Waals surface area contributed by atoms with E-state index in [9.17, 15) is 4.79 Å². The number of amides is 1. The highest BCUT2D eigenvalue weighted by molar-refractivity contribution is 6.35. The second kappa shape index (κ2) is 9.42. The van der Waals surface area contributed by atoms with E-state index in [0.29, 0.717) is 16.6 Å². The molecule has 3 rings (SSSR count). The van der Waals surface area contributed by atoms with Crippen molar-refractivity contribution in [3.63, 3.8) is 0 Å². The second-order valence-corrected chi connectivity index (χ2v) is 7.43. The molecule has 3 N–H and O–H groups in total. The smallest absolute Gasteiger partial charge is 0.279 e. The topological polar surface area (TPSA) is 58.2 Å². The molecule has 1 atom stereocenters. The minimum absolute atomic E-state index is 0.0499. The number of morpholine rings is 1. The maximum absolute atomic E-state index is 12.3. The van der Waals surface area contributed by atoms with Crippen LogP contribution in [0.4, 0.5) is 11.4 Å². The SMILES string of the molecule is C[C@@H]([NH2+]CC(=O)Nc1ccc(N2CCOCC2)cc1)c1ccc(Cl)cc1Cl. The first kappa shape index (κ1) is 20.0. The van der Waals surface area contributed by atoms with Gasteiger partial charge in [0.25, 0.3) is 5.91 Å². The third kappa shape index (κ3) is 5.59. The van der Waals surface area contributed by atoms with Gasteiger partial charge in [-0.15, -0.1) is 0 Å². The Hall–Kier alpha value is -1.79. The average molecular weight is 409 g/mol. The molecule has 1 amide bonds. The molecule has 0 aliphatic carbocycles. The lowest BCUT2D eigenvalue weighted by Gasteiger charge is -2.28. The Balaban J connectivity index is 1.50. The molecule has 2 aromatic carbocycles. The lowest BCUT2D eigenvalue weighted by atomic mass is 10.1. The second-order valence-electron chi connectivity index (χ2n) is 6.59. The molecule has 0 spiro atoms. The minimum atomic E-state index is -0.0499. The van der Waals surface area contributed by atoms with Crippen LogP contribution in [0.25, 0.3) is 0 Å². The zero-order valence-electron chi connectivity index (χ0n) is 15.3. The maximum Gasteiger partial charge on any atom is 0.279 e. The van der Waals surface area contributed by atoms with Crippen LogP contribution in [0.2, 0.25) is 10.0 Å². The number of hydrogen-bond acceptors (Lipinski definition) is 3. The lowest BCUT2D eigenvalue weighted by Crippen LogP contribution is -2.86. The summed E-state index contributed by atoms with van der Waals surface area (Å²) in [6.07, 6.45) is 0. The van der Waals surface area contributed by atoms with E-state index in [-0.39, 0.29) is 11.9 Å². The molecule has 0 aromatic heterocycles. The van der Waals surface area contributed by atoms with Crippen LogP contribution in [-0.2, 0) is 9.53 Å². The standard InChI is InChI=1S/C20H23Cl2N3O2/c1-14(18-7-2-15(21)12-19(18)22)23-13-20(26)24-16-3-5-17(6-4-16)25-8-10-27-11-9-25/h2-7,12,14,23H,8-11,13H2,1H3,(H,24,26)/p+1/t14-/m1/s1. The number of halogens is 2. The Morgan fingerprint density at radius 3 is 2.56 bits per heavy atom. The van der Waals surface area contributed by atoms with Gasteiger partial charge in [-0.25, -0.2) is 0 Å². The Morgan fingerprint density at radius 2 is 1.89 bits per heavy atom. The Morgan fingerprint density at radius 1 is 1.19 bits per heavy atom. The summed E-state index contributed by atoms with van der Waals surface area (Å²) in [7, 11) is 0. The van der Waals surface area contributed by atoms with Crippen LogP contribution in [-0.4, -0.2) is 38.8 Å². The molecule has 27 heavy (non-hydrogen) atoms. The molecular weight excluding hydrogens is 385 g/mol. The molecular formula is C20H24Cl2N3O2+. The van der Waals surface area contributed by atoms with Gasteiger partial charge in [0, 0.05) is 35.1 Å². The first-order valence-corrected chi connectivity index (χ1v) is 9.79. The average Bonchev–Trinajstić information content (AvgIpc) is 2.67. The fourth-order valence-electron chi connectivity index (χ4n) is 3.07. The number of quaternary nitrogens is 1. The fraction of sp³-hybridized carbons (Fsp3) is 0.350. The van der Waals surface area contributed by atoms with Crippen molar-refractivity contribution in [1.82, 2.24) is 0 Å². The largest absolute Gasteiger partial charge is 0.378 e. The minimum Gasteiger partial charge on any atom is -0.378 e. The molecule has 5 nitrogen and oxygen atoms in total. The molecule has 0 radical (unpaired) electrons. The maximum atomic E-state index is 12.3. The highest BCUT2D eigenvalue weighted by Gasteiger charge is 2.15. The summed E-state index contributed by atoms with van der Waals surface area (Å²) < 4.78 is 5.37. The van der Waals surface area contributed by atoms with E-state index in [1.807, 2.05) is 48.6 Å². The molecule has 144 valence electrons. The van der Waals surface area contributed by atoms with E-state index in [0.717, 1.165) is 43.2 Å². The van der Waals surface area contributed by atoms with Gasteiger partial charge in [0.1, 0.15) is 6.04 Å². The summed E-state index contributed by atoms with van der Waals surface area (Å²) in [5, 5.41) is 6.11. The van der Waals surface area contributed by atoms with Crippen molar-refractivity contribution in [1.29, 1.82) is 0 Å². The van der Waals surface area contributed by atoms with Crippen molar-refractivity contribution < 1.29 is 14.8 Å². The van der Waals surface area contributed by atoms with Crippen molar-refractivity contribution in [3.05, 3.63) is 58.1 Å². The lowest BCUT2D eigenvalue weighted by molar-refractivity contribution is -0.682. The molecule has 1 aliphatic heterocycles. The van der Waals surface area contributed by atoms with E-state index in [1.54, 1.807) is 6.07 Å². The van der Waals surface area contributed by atoms with Crippen molar-refractivity contribution in [3.8, 4) is 0 Å². The normalized spacial score (nSPS) is 15.4. The summed E-state index contributed by atoms with van der Waals surface area (Å²) in [6.45, 7) is 5.62. The zero-order valence-corrected chi connectivity index (χ0v) is 16.8. The molecule has 0 bridgehead atoms. The van der Waals surface area contributed by atoms with Crippen LogP contribution in [0.1, 0.15) is 18.5 Å². The van der Waals surface area contributed by atoms with Crippen LogP contribution < -0.4 is 15.5 Å². The third-order valence-electron chi connectivity index (χ3n) is 4.64. The van der Waals surface area contributed by atoms with E-state index in [1.165, 1.54) is 0 Å². The van der Waals surface area contributed by atoms with E-state index >= 15 is 0 Å². The molecule has 7 heteroatoms. The van der Waals surface area contributed by atoms with Crippen LogP contribution >= 0.6 is 23.2 Å². The van der Waals surface area contributed by atoms with E-state index in [4.69, 9.17) is 27.9 Å². The number of nitrogens with zero attached hydrogens (tertiary/aromatic N) is 1. The number of hydrogen-bond donors (Lipinski definition) is 2. The van der Waals surface area contributed by atoms with Crippen LogP contribution in [0, 0.1) is 0 Å². The summed E-state index contributed by atoms with van der Waals surface area (Å²) in [5.74, 6) is -0.0499. The van der Waals surface area contributed by atoms with Crippen LogP contribution in [0.3, 0.4) is 0 Å². The summed E-state index contributed by atoms with van der Waals surface area (Å²) >= 11 is 12.2. The molecule has 2 aromatic rings. The van der Waals surface area contributed by atoms with Crippen molar-refractivity contribution >= 4 is 40.5 Å². The number of rotatable bonds is 6. The van der Waals surface area contributed by atoms with Gasteiger partial charge >= 0.3 is 0 Å². The van der Waals surface area contributed by atoms with Gasteiger partial charge in [-0.2, -0.15) is 0 Å². The molecule has 0 unspecified atom stereocenters. The van der Waals surface area contributed by atoms with Gasteiger partial charge in [-0.3, -0.25) is 4.79 Å². The Bertz CT molecular complexity index is 777. The number of nitrogens with two attached hydrogens (primary N) is 1. The van der Waals surface area contributed by atoms with Gasteiger partial charge in [-0.05, 0) is 43.3 Å². The van der Waals surface area contributed by atoms with Gasteiger partial charge in [-0.1, -0.05) is 29.3 Å². The number of benzene rings is 2. The Kier molecular flexibility index (Phi) is 6.96. The number of carbonyl (C=O) groups is 1. The summed E-state index contributed by atoms with van der Waals surface area (Å²) in [4.78, 5) is 14.5. The predicted octanol–water partition coefficient (Wildman–Crippen LogP) is 3.09. The highest BCUT2D eigenvalue weighted by atomic mass is 35.5. The zero-order chi connectivity index (χ0) is 19.2. The predicted molar refractivity (Wildman–Crippen MR) is 110 cm³/mol.